The molecule has 132 valence electrons. The standard InChI is InChI=1S/C20H19FN4O/c1-25(14-16-5-3-2-4-6-16)19(26)17-12-23-20(24-13-17)22-11-15-7-9-18(21)10-8-15/h2-10,12-13H,11,14H2,1H3,(H,22,23,24). The predicted molar refractivity (Wildman–Crippen MR) is 98.0 cm³/mol. The first-order valence-electron chi connectivity index (χ1n) is 8.21. The highest BCUT2D eigenvalue weighted by molar-refractivity contribution is 5.93. The van der Waals surface area contributed by atoms with Crippen molar-refractivity contribution in [2.24, 2.45) is 0 Å². The van der Waals surface area contributed by atoms with Gasteiger partial charge in [0.15, 0.2) is 0 Å². The first-order chi connectivity index (χ1) is 12.6. The highest BCUT2D eigenvalue weighted by Gasteiger charge is 2.13. The van der Waals surface area contributed by atoms with Crippen LogP contribution in [-0.4, -0.2) is 27.8 Å². The summed E-state index contributed by atoms with van der Waals surface area (Å²) in [5.74, 6) is 0.00279. The molecule has 3 rings (SSSR count). The summed E-state index contributed by atoms with van der Waals surface area (Å²) in [5, 5.41) is 3.05. The molecule has 0 spiro atoms. The minimum atomic E-state index is -0.271. The third kappa shape index (κ3) is 4.63. The Kier molecular flexibility index (Phi) is 5.53. The van der Waals surface area contributed by atoms with E-state index in [1.165, 1.54) is 24.5 Å². The van der Waals surface area contributed by atoms with Gasteiger partial charge in [0.25, 0.3) is 5.91 Å². The smallest absolute Gasteiger partial charge is 0.257 e. The second-order valence-electron chi connectivity index (χ2n) is 5.92. The molecule has 0 saturated carbocycles. The third-order valence-electron chi connectivity index (χ3n) is 3.87. The number of aromatic nitrogens is 2. The van der Waals surface area contributed by atoms with E-state index >= 15 is 0 Å². The van der Waals surface area contributed by atoms with Crippen molar-refractivity contribution in [1.82, 2.24) is 14.9 Å². The van der Waals surface area contributed by atoms with Crippen molar-refractivity contribution in [3.05, 3.63) is 89.5 Å². The Hall–Kier alpha value is -3.28. The summed E-state index contributed by atoms with van der Waals surface area (Å²) in [6, 6.07) is 16.0. The lowest BCUT2D eigenvalue weighted by Gasteiger charge is -2.17. The van der Waals surface area contributed by atoms with Gasteiger partial charge in [-0.15, -0.1) is 0 Å². The van der Waals surface area contributed by atoms with E-state index in [4.69, 9.17) is 0 Å². The van der Waals surface area contributed by atoms with Crippen LogP contribution in [0.2, 0.25) is 0 Å². The number of nitrogens with zero attached hydrogens (tertiary/aromatic N) is 3. The first kappa shape index (κ1) is 17.5. The van der Waals surface area contributed by atoms with Gasteiger partial charge in [-0.3, -0.25) is 4.79 Å². The Labute approximate surface area is 151 Å². The molecule has 6 heteroatoms. The quantitative estimate of drug-likeness (QED) is 0.739. The molecule has 2 aromatic carbocycles. The van der Waals surface area contributed by atoms with Crippen LogP contribution in [0.15, 0.2) is 67.0 Å². The summed E-state index contributed by atoms with van der Waals surface area (Å²) < 4.78 is 12.9. The highest BCUT2D eigenvalue weighted by atomic mass is 19.1. The molecule has 0 aliphatic rings. The number of carbonyl (C=O) groups is 1. The van der Waals surface area contributed by atoms with Gasteiger partial charge >= 0.3 is 0 Å². The fourth-order valence-electron chi connectivity index (χ4n) is 2.46. The summed E-state index contributed by atoms with van der Waals surface area (Å²) in [6.07, 6.45) is 3.01. The number of benzene rings is 2. The number of hydrogen-bond donors (Lipinski definition) is 1. The molecule has 1 N–H and O–H groups in total. The van der Waals surface area contributed by atoms with E-state index in [1.54, 1.807) is 24.1 Å². The molecule has 0 radical (unpaired) electrons. The SMILES string of the molecule is CN(Cc1ccccc1)C(=O)c1cnc(NCc2ccc(F)cc2)nc1. The molecule has 5 nitrogen and oxygen atoms in total. The van der Waals surface area contributed by atoms with Crippen molar-refractivity contribution < 1.29 is 9.18 Å². The van der Waals surface area contributed by atoms with E-state index in [2.05, 4.69) is 15.3 Å². The monoisotopic (exact) mass is 350 g/mol. The molecule has 0 atom stereocenters. The Morgan fingerprint density at radius 2 is 1.65 bits per heavy atom. The average molecular weight is 350 g/mol. The second-order valence-corrected chi connectivity index (χ2v) is 5.92. The number of hydrogen-bond acceptors (Lipinski definition) is 4. The Morgan fingerprint density at radius 1 is 1.00 bits per heavy atom. The first-order valence-corrected chi connectivity index (χ1v) is 8.21. The maximum absolute atomic E-state index is 12.9. The molecule has 1 aromatic heterocycles. The molecule has 0 bridgehead atoms. The number of rotatable bonds is 6. The summed E-state index contributed by atoms with van der Waals surface area (Å²) in [7, 11) is 1.75. The summed E-state index contributed by atoms with van der Waals surface area (Å²) >= 11 is 0. The van der Waals surface area contributed by atoms with Gasteiger partial charge in [0, 0.05) is 32.5 Å². The van der Waals surface area contributed by atoms with E-state index in [0.29, 0.717) is 24.6 Å². The van der Waals surface area contributed by atoms with Crippen LogP contribution in [0.5, 0.6) is 0 Å². The van der Waals surface area contributed by atoms with Crippen LogP contribution in [0, 0.1) is 5.82 Å². The average Bonchev–Trinajstić information content (AvgIpc) is 2.68. The van der Waals surface area contributed by atoms with Crippen LogP contribution in [0.3, 0.4) is 0 Å². The molecule has 0 aliphatic carbocycles. The second kappa shape index (κ2) is 8.20. The van der Waals surface area contributed by atoms with Gasteiger partial charge < -0.3 is 10.2 Å². The number of carbonyl (C=O) groups excluding carboxylic acids is 1. The Balaban J connectivity index is 1.57. The number of amides is 1. The van der Waals surface area contributed by atoms with E-state index in [9.17, 15) is 9.18 Å². The van der Waals surface area contributed by atoms with Crippen molar-refractivity contribution in [3.8, 4) is 0 Å². The predicted octanol–water partition coefficient (Wildman–Crippen LogP) is 3.50. The molecule has 0 fully saturated rings. The maximum Gasteiger partial charge on any atom is 0.257 e. The summed E-state index contributed by atoms with van der Waals surface area (Å²) in [5.41, 5.74) is 2.40. The van der Waals surface area contributed by atoms with E-state index in [0.717, 1.165) is 11.1 Å². The van der Waals surface area contributed by atoms with Crippen LogP contribution in [0.4, 0.5) is 10.3 Å². The van der Waals surface area contributed by atoms with E-state index < -0.39 is 0 Å². The lowest BCUT2D eigenvalue weighted by atomic mass is 10.2. The zero-order valence-corrected chi connectivity index (χ0v) is 14.4. The van der Waals surface area contributed by atoms with E-state index in [1.807, 2.05) is 30.3 Å². The van der Waals surface area contributed by atoms with Gasteiger partial charge in [-0.1, -0.05) is 42.5 Å². The zero-order chi connectivity index (χ0) is 18.4. The molecular weight excluding hydrogens is 331 g/mol. The van der Waals surface area contributed by atoms with Gasteiger partial charge in [0.2, 0.25) is 5.95 Å². The van der Waals surface area contributed by atoms with Crippen molar-refractivity contribution in [2.45, 2.75) is 13.1 Å². The molecule has 0 unspecified atom stereocenters. The number of nitrogens with one attached hydrogen (secondary N) is 1. The van der Waals surface area contributed by atoms with Crippen LogP contribution in [-0.2, 0) is 13.1 Å². The molecule has 1 heterocycles. The van der Waals surface area contributed by atoms with Crippen molar-refractivity contribution >= 4 is 11.9 Å². The van der Waals surface area contributed by atoms with Crippen LogP contribution < -0.4 is 5.32 Å². The van der Waals surface area contributed by atoms with Gasteiger partial charge in [0.05, 0.1) is 5.56 Å². The Bertz CT molecular complexity index is 851. The molecule has 0 saturated heterocycles. The van der Waals surface area contributed by atoms with Crippen molar-refractivity contribution in [1.29, 1.82) is 0 Å². The van der Waals surface area contributed by atoms with Crippen LogP contribution in [0.25, 0.3) is 0 Å². The number of anilines is 1. The lowest BCUT2D eigenvalue weighted by molar-refractivity contribution is 0.0784. The molecule has 1 amide bonds. The third-order valence-corrected chi connectivity index (χ3v) is 3.87. The van der Waals surface area contributed by atoms with Crippen molar-refractivity contribution in [3.63, 3.8) is 0 Å². The fraction of sp³-hybridized carbons (Fsp3) is 0.150. The summed E-state index contributed by atoms with van der Waals surface area (Å²) in [4.78, 5) is 22.4. The molecule has 3 aromatic rings. The van der Waals surface area contributed by atoms with Gasteiger partial charge in [-0.2, -0.15) is 0 Å². The van der Waals surface area contributed by atoms with Gasteiger partial charge in [-0.05, 0) is 23.3 Å². The van der Waals surface area contributed by atoms with Crippen LogP contribution >= 0.6 is 0 Å². The van der Waals surface area contributed by atoms with Crippen molar-refractivity contribution in [2.75, 3.05) is 12.4 Å². The minimum Gasteiger partial charge on any atom is -0.350 e. The van der Waals surface area contributed by atoms with E-state index in [-0.39, 0.29) is 11.7 Å². The topological polar surface area (TPSA) is 58.1 Å². The van der Waals surface area contributed by atoms with Crippen LogP contribution in [0.1, 0.15) is 21.5 Å². The molecular formula is C20H19FN4O. The number of halogens is 1. The van der Waals surface area contributed by atoms with Gasteiger partial charge in [-0.25, -0.2) is 14.4 Å². The zero-order valence-electron chi connectivity index (χ0n) is 14.4. The molecule has 0 aliphatic heterocycles. The minimum absolute atomic E-state index is 0.140. The largest absolute Gasteiger partial charge is 0.350 e. The normalized spacial score (nSPS) is 10.4. The Morgan fingerprint density at radius 3 is 2.31 bits per heavy atom. The molecule has 26 heavy (non-hydrogen) atoms. The maximum atomic E-state index is 12.9. The lowest BCUT2D eigenvalue weighted by Crippen LogP contribution is -2.26. The van der Waals surface area contributed by atoms with Gasteiger partial charge in [0.1, 0.15) is 5.82 Å². The fourth-order valence-corrected chi connectivity index (χ4v) is 2.46. The summed E-state index contributed by atoms with van der Waals surface area (Å²) in [6.45, 7) is 0.992. The highest BCUT2D eigenvalue weighted by Crippen LogP contribution is 2.09.